The summed E-state index contributed by atoms with van der Waals surface area (Å²) in [5.41, 5.74) is 8.55. The van der Waals surface area contributed by atoms with Gasteiger partial charge in [-0.05, 0) is 30.0 Å². The zero-order chi connectivity index (χ0) is 13.3. The summed E-state index contributed by atoms with van der Waals surface area (Å²) >= 11 is 0. The van der Waals surface area contributed by atoms with Gasteiger partial charge in [-0.15, -0.1) is 0 Å². The zero-order valence-corrected chi connectivity index (χ0v) is 11.1. The molecule has 1 aromatic carbocycles. The van der Waals surface area contributed by atoms with E-state index in [1.54, 1.807) is 6.07 Å². The lowest BCUT2D eigenvalue weighted by Crippen LogP contribution is -2.19. The van der Waals surface area contributed by atoms with Crippen LogP contribution in [0.15, 0.2) is 18.2 Å². The van der Waals surface area contributed by atoms with E-state index < -0.39 is 0 Å². The third-order valence-corrected chi connectivity index (χ3v) is 3.45. The molecule has 0 aliphatic rings. The Kier molecular flexibility index (Phi) is 3.00. The molecule has 0 unspecified atom stereocenters. The standard InChI is InChI=1S/C14H18N4/c1-4-14(2,3)9-18-12-7-10(8-15)5-6-11(12)17-13(18)16/h5-7H,4,9H2,1-3H3,(H2,16,17). The largest absolute Gasteiger partial charge is 0.369 e. The summed E-state index contributed by atoms with van der Waals surface area (Å²) in [6.45, 7) is 7.37. The molecular weight excluding hydrogens is 224 g/mol. The Balaban J connectivity index is 2.55. The second-order valence-electron chi connectivity index (χ2n) is 5.39. The van der Waals surface area contributed by atoms with E-state index in [0.29, 0.717) is 11.5 Å². The minimum Gasteiger partial charge on any atom is -0.369 e. The van der Waals surface area contributed by atoms with E-state index in [2.05, 4.69) is 31.8 Å². The lowest BCUT2D eigenvalue weighted by atomic mass is 9.90. The van der Waals surface area contributed by atoms with Crippen molar-refractivity contribution >= 4 is 17.0 Å². The highest BCUT2D eigenvalue weighted by Gasteiger charge is 2.19. The first kappa shape index (κ1) is 12.4. The molecule has 0 saturated carbocycles. The number of hydrogen-bond donors (Lipinski definition) is 1. The number of nitrogens with two attached hydrogens (primary N) is 1. The molecule has 94 valence electrons. The predicted molar refractivity (Wildman–Crippen MR) is 72.9 cm³/mol. The molecular formula is C14H18N4. The van der Waals surface area contributed by atoms with Crippen molar-refractivity contribution in [2.45, 2.75) is 33.7 Å². The van der Waals surface area contributed by atoms with Gasteiger partial charge >= 0.3 is 0 Å². The van der Waals surface area contributed by atoms with Crippen LogP contribution in [0.4, 0.5) is 5.95 Å². The minimum absolute atomic E-state index is 0.157. The molecule has 0 spiro atoms. The van der Waals surface area contributed by atoms with Crippen molar-refractivity contribution in [2.24, 2.45) is 5.41 Å². The van der Waals surface area contributed by atoms with E-state index in [1.807, 2.05) is 16.7 Å². The molecule has 0 aliphatic heterocycles. The van der Waals surface area contributed by atoms with Crippen LogP contribution in [0.25, 0.3) is 11.0 Å². The van der Waals surface area contributed by atoms with E-state index >= 15 is 0 Å². The van der Waals surface area contributed by atoms with E-state index in [1.165, 1.54) is 0 Å². The Morgan fingerprint density at radius 1 is 1.44 bits per heavy atom. The van der Waals surface area contributed by atoms with Gasteiger partial charge in [-0.25, -0.2) is 4.98 Å². The van der Waals surface area contributed by atoms with Crippen molar-refractivity contribution in [3.05, 3.63) is 23.8 Å². The summed E-state index contributed by atoms with van der Waals surface area (Å²) in [6, 6.07) is 7.62. The fourth-order valence-electron chi connectivity index (χ4n) is 1.92. The van der Waals surface area contributed by atoms with Gasteiger partial charge < -0.3 is 10.3 Å². The van der Waals surface area contributed by atoms with Gasteiger partial charge in [0.25, 0.3) is 0 Å². The normalized spacial score (nSPS) is 11.7. The van der Waals surface area contributed by atoms with E-state index in [4.69, 9.17) is 11.0 Å². The van der Waals surface area contributed by atoms with Crippen LogP contribution in [0.5, 0.6) is 0 Å². The molecule has 2 aromatic rings. The van der Waals surface area contributed by atoms with Crippen molar-refractivity contribution in [2.75, 3.05) is 5.73 Å². The van der Waals surface area contributed by atoms with Crippen LogP contribution in [-0.2, 0) is 6.54 Å². The SMILES string of the molecule is CCC(C)(C)Cn1c(N)nc2ccc(C#N)cc21. The van der Waals surface area contributed by atoms with Gasteiger partial charge in [-0.3, -0.25) is 0 Å². The summed E-state index contributed by atoms with van der Waals surface area (Å²) < 4.78 is 2.00. The van der Waals surface area contributed by atoms with Crippen LogP contribution in [0, 0.1) is 16.7 Å². The van der Waals surface area contributed by atoms with E-state index in [0.717, 1.165) is 24.0 Å². The van der Waals surface area contributed by atoms with Crippen LogP contribution < -0.4 is 5.73 Å². The average molecular weight is 242 g/mol. The number of benzene rings is 1. The molecule has 0 radical (unpaired) electrons. The second-order valence-corrected chi connectivity index (χ2v) is 5.39. The van der Waals surface area contributed by atoms with E-state index in [-0.39, 0.29) is 5.41 Å². The first-order chi connectivity index (χ1) is 8.46. The molecule has 2 rings (SSSR count). The Bertz CT molecular complexity index is 616. The summed E-state index contributed by atoms with van der Waals surface area (Å²) in [4.78, 5) is 4.34. The highest BCUT2D eigenvalue weighted by Crippen LogP contribution is 2.27. The van der Waals surface area contributed by atoms with Gasteiger partial charge in [0.15, 0.2) is 0 Å². The number of anilines is 1. The number of hydrogen-bond acceptors (Lipinski definition) is 3. The summed E-state index contributed by atoms with van der Waals surface area (Å²) in [7, 11) is 0. The fraction of sp³-hybridized carbons (Fsp3) is 0.429. The number of nitriles is 1. The highest BCUT2D eigenvalue weighted by molar-refractivity contribution is 5.79. The number of nitrogen functional groups attached to an aromatic ring is 1. The number of rotatable bonds is 3. The van der Waals surface area contributed by atoms with Gasteiger partial charge in [0.05, 0.1) is 22.7 Å². The quantitative estimate of drug-likeness (QED) is 0.899. The molecule has 4 heteroatoms. The second kappa shape index (κ2) is 4.34. The average Bonchev–Trinajstić information content (AvgIpc) is 2.65. The molecule has 4 nitrogen and oxygen atoms in total. The van der Waals surface area contributed by atoms with Crippen LogP contribution >= 0.6 is 0 Å². The molecule has 0 fully saturated rings. The lowest BCUT2D eigenvalue weighted by Gasteiger charge is -2.24. The first-order valence-corrected chi connectivity index (χ1v) is 6.13. The molecule has 2 N–H and O–H groups in total. The van der Waals surface area contributed by atoms with Crippen molar-refractivity contribution in [3.8, 4) is 6.07 Å². The summed E-state index contributed by atoms with van der Waals surface area (Å²) in [5.74, 6) is 0.515. The van der Waals surface area contributed by atoms with Crippen LogP contribution in [0.2, 0.25) is 0 Å². The van der Waals surface area contributed by atoms with Crippen LogP contribution in [-0.4, -0.2) is 9.55 Å². The maximum absolute atomic E-state index is 8.96. The van der Waals surface area contributed by atoms with Gasteiger partial charge in [-0.2, -0.15) is 5.26 Å². The third-order valence-electron chi connectivity index (χ3n) is 3.45. The number of fused-ring (bicyclic) bond motifs is 1. The van der Waals surface area contributed by atoms with Crippen LogP contribution in [0.1, 0.15) is 32.8 Å². The smallest absolute Gasteiger partial charge is 0.201 e. The molecule has 1 heterocycles. The molecule has 0 aliphatic carbocycles. The number of aromatic nitrogens is 2. The minimum atomic E-state index is 0.157. The molecule has 1 aromatic heterocycles. The Morgan fingerprint density at radius 2 is 2.17 bits per heavy atom. The molecule has 18 heavy (non-hydrogen) atoms. The molecule has 0 bridgehead atoms. The van der Waals surface area contributed by atoms with Gasteiger partial charge in [0, 0.05) is 6.54 Å². The molecule has 0 atom stereocenters. The van der Waals surface area contributed by atoms with Crippen LogP contribution in [0.3, 0.4) is 0 Å². The van der Waals surface area contributed by atoms with Gasteiger partial charge in [-0.1, -0.05) is 20.8 Å². The zero-order valence-electron chi connectivity index (χ0n) is 11.1. The first-order valence-electron chi connectivity index (χ1n) is 6.13. The summed E-state index contributed by atoms with van der Waals surface area (Å²) in [5, 5.41) is 8.96. The van der Waals surface area contributed by atoms with E-state index in [9.17, 15) is 0 Å². The Labute approximate surface area is 107 Å². The summed E-state index contributed by atoms with van der Waals surface area (Å²) in [6.07, 6.45) is 1.06. The predicted octanol–water partition coefficient (Wildman–Crippen LogP) is 2.93. The molecule has 0 amide bonds. The van der Waals surface area contributed by atoms with Gasteiger partial charge in [0.1, 0.15) is 0 Å². The topological polar surface area (TPSA) is 67.6 Å². The van der Waals surface area contributed by atoms with Crippen molar-refractivity contribution in [1.82, 2.24) is 9.55 Å². The monoisotopic (exact) mass is 242 g/mol. The maximum Gasteiger partial charge on any atom is 0.201 e. The highest BCUT2D eigenvalue weighted by atomic mass is 15.2. The van der Waals surface area contributed by atoms with Crippen molar-refractivity contribution in [1.29, 1.82) is 5.26 Å². The Hall–Kier alpha value is -2.02. The van der Waals surface area contributed by atoms with Gasteiger partial charge in [0.2, 0.25) is 5.95 Å². The Morgan fingerprint density at radius 3 is 2.78 bits per heavy atom. The fourth-order valence-corrected chi connectivity index (χ4v) is 1.92. The van der Waals surface area contributed by atoms with Crippen molar-refractivity contribution in [3.63, 3.8) is 0 Å². The number of nitrogens with zero attached hydrogens (tertiary/aromatic N) is 3. The lowest BCUT2D eigenvalue weighted by molar-refractivity contribution is 0.300. The number of imidazole rings is 1. The maximum atomic E-state index is 8.96. The van der Waals surface area contributed by atoms with Crippen molar-refractivity contribution < 1.29 is 0 Å². The molecule has 0 saturated heterocycles. The third kappa shape index (κ3) is 2.17.